The summed E-state index contributed by atoms with van der Waals surface area (Å²) in [6.07, 6.45) is -7.35. The summed E-state index contributed by atoms with van der Waals surface area (Å²) in [6.45, 7) is -0.183. The summed E-state index contributed by atoms with van der Waals surface area (Å²) in [7, 11) is 0. The van der Waals surface area contributed by atoms with Gasteiger partial charge in [-0.15, -0.1) is 0 Å². The van der Waals surface area contributed by atoms with Crippen molar-refractivity contribution < 1.29 is 35.9 Å². The standard InChI is InChI=1S/C27H30F6N4O2/c28-26(29,30)22-3-1-13-36(22)16-24(38)34-20-9-5-18(6-10-20)15-19-7-11-21(12-8-19)35-25(39)17-37-14-2-4-23(37)27(31,32)33/h5-12,22-23H,1-4,13-17H2,(H,34,38)(H,35,39)/t22-,23-/m0/s1. The summed E-state index contributed by atoms with van der Waals surface area (Å²) in [5.74, 6) is -1.01. The third-order valence-corrected chi connectivity index (χ3v) is 7.06. The van der Waals surface area contributed by atoms with E-state index in [4.69, 9.17) is 0 Å². The number of nitrogens with zero attached hydrogens (tertiary/aromatic N) is 2. The number of halogens is 6. The Morgan fingerprint density at radius 3 is 1.36 bits per heavy atom. The lowest BCUT2D eigenvalue weighted by molar-refractivity contribution is -0.177. The lowest BCUT2D eigenvalue weighted by Crippen LogP contribution is -2.44. The molecule has 2 heterocycles. The highest BCUT2D eigenvalue weighted by molar-refractivity contribution is 5.92. The number of carbonyl (C=O) groups is 2. The second-order valence-electron chi connectivity index (χ2n) is 10.0. The van der Waals surface area contributed by atoms with Crippen molar-refractivity contribution in [3.8, 4) is 0 Å². The van der Waals surface area contributed by atoms with Crippen molar-refractivity contribution in [2.45, 2.75) is 56.5 Å². The number of anilines is 2. The maximum absolute atomic E-state index is 13.1. The number of rotatable bonds is 8. The van der Waals surface area contributed by atoms with E-state index in [1.165, 1.54) is 0 Å². The van der Waals surface area contributed by atoms with Crippen molar-refractivity contribution in [2.24, 2.45) is 0 Å². The third kappa shape index (κ3) is 7.95. The fraction of sp³-hybridized carbons (Fsp3) is 0.481. The van der Waals surface area contributed by atoms with Crippen LogP contribution in [0.15, 0.2) is 48.5 Å². The van der Waals surface area contributed by atoms with E-state index in [1.807, 2.05) is 0 Å². The summed E-state index contributed by atoms with van der Waals surface area (Å²) in [6, 6.07) is 10.7. The molecule has 2 fully saturated rings. The average Bonchev–Trinajstić information content (AvgIpc) is 3.51. The van der Waals surface area contributed by atoms with Gasteiger partial charge in [0, 0.05) is 11.4 Å². The molecule has 39 heavy (non-hydrogen) atoms. The Hall–Kier alpha value is -3.12. The largest absolute Gasteiger partial charge is 0.404 e. The number of hydrogen-bond donors (Lipinski definition) is 2. The number of alkyl halides is 6. The second-order valence-corrected chi connectivity index (χ2v) is 10.0. The summed E-state index contributed by atoms with van der Waals surface area (Å²) in [4.78, 5) is 26.9. The summed E-state index contributed by atoms with van der Waals surface area (Å²) >= 11 is 0. The summed E-state index contributed by atoms with van der Waals surface area (Å²) in [5, 5.41) is 5.28. The number of nitrogens with one attached hydrogen (secondary N) is 2. The van der Waals surface area contributed by atoms with Gasteiger partial charge in [-0.1, -0.05) is 24.3 Å². The Bertz CT molecular complexity index is 1050. The molecule has 212 valence electrons. The maximum Gasteiger partial charge on any atom is 0.404 e. The number of benzene rings is 2. The molecule has 2 atom stereocenters. The molecule has 0 bridgehead atoms. The predicted molar refractivity (Wildman–Crippen MR) is 134 cm³/mol. The molecular weight excluding hydrogens is 526 g/mol. The van der Waals surface area contributed by atoms with E-state index in [1.54, 1.807) is 48.5 Å². The average molecular weight is 557 g/mol. The van der Waals surface area contributed by atoms with Crippen LogP contribution in [0.3, 0.4) is 0 Å². The van der Waals surface area contributed by atoms with E-state index in [-0.39, 0.29) is 39.0 Å². The van der Waals surface area contributed by atoms with E-state index < -0.39 is 36.3 Å². The van der Waals surface area contributed by atoms with Gasteiger partial charge in [0.1, 0.15) is 12.1 Å². The monoisotopic (exact) mass is 556 g/mol. The molecule has 0 radical (unpaired) electrons. The van der Waals surface area contributed by atoms with Gasteiger partial charge in [0.05, 0.1) is 13.1 Å². The van der Waals surface area contributed by atoms with Crippen molar-refractivity contribution in [1.82, 2.24) is 9.80 Å². The van der Waals surface area contributed by atoms with Gasteiger partial charge in [-0.3, -0.25) is 19.4 Å². The Kier molecular flexibility index (Phi) is 8.85. The van der Waals surface area contributed by atoms with Crippen molar-refractivity contribution in [2.75, 3.05) is 36.8 Å². The quantitative estimate of drug-likeness (QED) is 0.439. The molecule has 0 spiro atoms. The Morgan fingerprint density at radius 1 is 0.667 bits per heavy atom. The topological polar surface area (TPSA) is 64.7 Å². The van der Waals surface area contributed by atoms with Crippen LogP contribution in [-0.2, 0) is 16.0 Å². The molecule has 0 aliphatic carbocycles. The van der Waals surface area contributed by atoms with Crippen LogP contribution in [0.1, 0.15) is 36.8 Å². The SMILES string of the molecule is O=C(CN1CCC[C@H]1C(F)(F)F)Nc1ccc(Cc2ccc(NC(=O)CN3CCC[C@H]3C(F)(F)F)cc2)cc1. The highest BCUT2D eigenvalue weighted by atomic mass is 19.4. The first-order chi connectivity index (χ1) is 18.4. The highest BCUT2D eigenvalue weighted by Gasteiger charge is 2.47. The third-order valence-electron chi connectivity index (χ3n) is 7.06. The molecule has 2 aliphatic rings. The van der Waals surface area contributed by atoms with Crippen LogP contribution < -0.4 is 10.6 Å². The fourth-order valence-corrected chi connectivity index (χ4v) is 5.19. The van der Waals surface area contributed by atoms with Gasteiger partial charge in [-0.05, 0) is 80.6 Å². The van der Waals surface area contributed by atoms with Crippen LogP contribution in [0.5, 0.6) is 0 Å². The van der Waals surface area contributed by atoms with E-state index in [0.717, 1.165) is 20.9 Å². The first kappa shape index (κ1) is 28.9. The highest BCUT2D eigenvalue weighted by Crippen LogP contribution is 2.33. The first-order valence-corrected chi connectivity index (χ1v) is 12.8. The number of carbonyl (C=O) groups excluding carboxylic acids is 2. The lowest BCUT2D eigenvalue weighted by atomic mass is 10.0. The van der Waals surface area contributed by atoms with Crippen LogP contribution in [0.2, 0.25) is 0 Å². The Morgan fingerprint density at radius 2 is 1.03 bits per heavy atom. The molecule has 2 aliphatic heterocycles. The Labute approximate surface area is 222 Å². The zero-order valence-electron chi connectivity index (χ0n) is 21.1. The van der Waals surface area contributed by atoms with Crippen LogP contribution >= 0.6 is 0 Å². The Balaban J connectivity index is 1.24. The molecule has 0 saturated carbocycles. The summed E-state index contributed by atoms with van der Waals surface area (Å²) in [5.41, 5.74) is 2.81. The molecule has 0 aromatic heterocycles. The van der Waals surface area contributed by atoms with Gasteiger partial charge in [0.15, 0.2) is 0 Å². The summed E-state index contributed by atoms with van der Waals surface area (Å²) < 4.78 is 78.5. The zero-order valence-corrected chi connectivity index (χ0v) is 21.1. The van der Waals surface area contributed by atoms with E-state index in [2.05, 4.69) is 10.6 Å². The first-order valence-electron chi connectivity index (χ1n) is 12.8. The van der Waals surface area contributed by atoms with Gasteiger partial charge in [-0.25, -0.2) is 0 Å². The van der Waals surface area contributed by atoms with Gasteiger partial charge in [0.2, 0.25) is 11.8 Å². The second kappa shape index (κ2) is 12.0. The minimum absolute atomic E-state index is 0.000188. The van der Waals surface area contributed by atoms with E-state index >= 15 is 0 Å². The molecule has 2 amide bonds. The number of likely N-dealkylation sites (tertiary alicyclic amines) is 2. The normalized spacial score (nSPS) is 20.8. The molecule has 12 heteroatoms. The van der Waals surface area contributed by atoms with Crippen LogP contribution in [0, 0.1) is 0 Å². The molecule has 6 nitrogen and oxygen atoms in total. The molecule has 2 aromatic rings. The minimum Gasteiger partial charge on any atom is -0.325 e. The molecule has 2 N–H and O–H groups in total. The van der Waals surface area contributed by atoms with E-state index in [0.29, 0.717) is 30.6 Å². The van der Waals surface area contributed by atoms with E-state index in [9.17, 15) is 35.9 Å². The number of amides is 2. The maximum atomic E-state index is 13.1. The predicted octanol–water partition coefficient (Wildman–Crippen LogP) is 5.21. The fourth-order valence-electron chi connectivity index (χ4n) is 5.19. The molecular formula is C27H30F6N4O2. The lowest BCUT2D eigenvalue weighted by Gasteiger charge is -2.25. The van der Waals surface area contributed by atoms with Crippen LogP contribution in [0.4, 0.5) is 37.7 Å². The van der Waals surface area contributed by atoms with Crippen molar-refractivity contribution >= 4 is 23.2 Å². The van der Waals surface area contributed by atoms with Crippen molar-refractivity contribution in [3.05, 3.63) is 59.7 Å². The molecule has 2 saturated heterocycles. The van der Waals surface area contributed by atoms with Crippen LogP contribution in [0.25, 0.3) is 0 Å². The molecule has 4 rings (SSSR count). The van der Waals surface area contributed by atoms with Crippen molar-refractivity contribution in [1.29, 1.82) is 0 Å². The van der Waals surface area contributed by atoms with Crippen LogP contribution in [-0.4, -0.2) is 72.2 Å². The van der Waals surface area contributed by atoms with Crippen molar-refractivity contribution in [3.63, 3.8) is 0 Å². The zero-order chi connectivity index (χ0) is 28.2. The number of hydrogen-bond acceptors (Lipinski definition) is 4. The van der Waals surface area contributed by atoms with Gasteiger partial charge in [0.25, 0.3) is 0 Å². The smallest absolute Gasteiger partial charge is 0.325 e. The van der Waals surface area contributed by atoms with Gasteiger partial charge in [-0.2, -0.15) is 26.3 Å². The minimum atomic E-state index is -4.35. The van der Waals surface area contributed by atoms with Gasteiger partial charge < -0.3 is 10.6 Å². The molecule has 2 aromatic carbocycles. The molecule has 0 unspecified atom stereocenters. The van der Waals surface area contributed by atoms with Gasteiger partial charge >= 0.3 is 12.4 Å².